The highest BCUT2D eigenvalue weighted by molar-refractivity contribution is 5.99. The van der Waals surface area contributed by atoms with Gasteiger partial charge >= 0.3 is 12.4 Å². The maximum absolute atomic E-state index is 12.5. The molecule has 0 aliphatic carbocycles. The zero-order valence-corrected chi connectivity index (χ0v) is 18.6. The number of urea groups is 1. The number of alkyl halides is 3. The summed E-state index contributed by atoms with van der Waals surface area (Å²) >= 11 is 0. The third-order valence-corrected chi connectivity index (χ3v) is 5.05. The summed E-state index contributed by atoms with van der Waals surface area (Å²) in [6.45, 7) is 4.13. The number of aromatic nitrogens is 2. The number of ether oxygens (including phenoxy) is 1. The molecule has 0 bridgehead atoms. The summed E-state index contributed by atoms with van der Waals surface area (Å²) in [6.07, 6.45) is -2.66. The molecule has 0 spiro atoms. The number of para-hydroxylation sites is 2. The van der Waals surface area contributed by atoms with Crippen LogP contribution in [0, 0.1) is 5.41 Å². The lowest BCUT2D eigenvalue weighted by molar-refractivity contribution is -0.274. The number of rotatable bonds is 8. The first-order valence-corrected chi connectivity index (χ1v) is 10.7. The Labute approximate surface area is 198 Å². The van der Waals surface area contributed by atoms with E-state index >= 15 is 0 Å². The van der Waals surface area contributed by atoms with E-state index in [1.54, 1.807) is 0 Å². The molecule has 1 aromatic heterocycles. The smallest absolute Gasteiger partial charge is 0.404 e. The molecule has 0 unspecified atom stereocenters. The van der Waals surface area contributed by atoms with Crippen LogP contribution in [0.3, 0.4) is 0 Å². The molecule has 7 N–H and O–H groups in total. The molecule has 2 heterocycles. The molecule has 0 radical (unpaired) electrons. The van der Waals surface area contributed by atoms with Crippen molar-refractivity contribution in [2.75, 3.05) is 54.8 Å². The van der Waals surface area contributed by atoms with Gasteiger partial charge in [0.15, 0.2) is 11.7 Å². The molecule has 12 nitrogen and oxygen atoms in total. The van der Waals surface area contributed by atoms with Gasteiger partial charge in [0.25, 0.3) is 5.56 Å². The van der Waals surface area contributed by atoms with E-state index in [2.05, 4.69) is 35.6 Å². The van der Waals surface area contributed by atoms with E-state index in [-0.39, 0.29) is 17.6 Å². The molecule has 1 aliphatic rings. The highest BCUT2D eigenvalue weighted by atomic mass is 19.4. The predicted molar refractivity (Wildman–Crippen MR) is 124 cm³/mol. The number of amides is 2. The third-order valence-electron chi connectivity index (χ3n) is 5.05. The quantitative estimate of drug-likeness (QED) is 0.181. The van der Waals surface area contributed by atoms with Crippen LogP contribution in [0.25, 0.3) is 0 Å². The molecule has 2 amide bonds. The fraction of sp³-hybridized carbons (Fsp3) is 0.400. The van der Waals surface area contributed by atoms with Crippen molar-refractivity contribution in [3.63, 3.8) is 0 Å². The van der Waals surface area contributed by atoms with Gasteiger partial charge in [-0.3, -0.25) is 20.4 Å². The topological polar surface area (TPSA) is 164 Å². The van der Waals surface area contributed by atoms with Crippen LogP contribution in [0.4, 0.5) is 35.3 Å². The summed E-state index contributed by atoms with van der Waals surface area (Å²) < 4.78 is 41.5. The van der Waals surface area contributed by atoms with Gasteiger partial charge in [0.05, 0.1) is 5.69 Å². The molecule has 35 heavy (non-hydrogen) atoms. The summed E-state index contributed by atoms with van der Waals surface area (Å²) in [6, 6.07) is 4.14. The molecule has 190 valence electrons. The van der Waals surface area contributed by atoms with Crippen LogP contribution >= 0.6 is 0 Å². The number of hydrogen-bond acceptors (Lipinski definition) is 7. The lowest BCUT2D eigenvalue weighted by Crippen LogP contribution is -2.48. The van der Waals surface area contributed by atoms with Gasteiger partial charge in [-0.25, -0.2) is 4.79 Å². The Hall–Kier alpha value is -4.01. The largest absolute Gasteiger partial charge is 0.573 e. The lowest BCUT2D eigenvalue weighted by Gasteiger charge is -2.35. The molecule has 0 atom stereocenters. The van der Waals surface area contributed by atoms with Gasteiger partial charge in [-0.2, -0.15) is 4.98 Å². The van der Waals surface area contributed by atoms with Crippen molar-refractivity contribution < 1.29 is 22.7 Å². The van der Waals surface area contributed by atoms with E-state index in [9.17, 15) is 22.8 Å². The maximum Gasteiger partial charge on any atom is 0.573 e. The SMILES string of the molecule is N=C(N)NCCCN1CCN(c2c[nH]c(NC(=O)Nc3ccccc3OC(F)(F)F)nc2=O)CC1. The fourth-order valence-electron chi connectivity index (χ4n) is 3.46. The Kier molecular flexibility index (Phi) is 8.35. The lowest BCUT2D eigenvalue weighted by atomic mass is 10.2. The number of hydrogen-bond donors (Lipinski definition) is 6. The van der Waals surface area contributed by atoms with Crippen LogP contribution in [-0.2, 0) is 0 Å². The van der Waals surface area contributed by atoms with Crippen LogP contribution in [0.5, 0.6) is 5.75 Å². The average molecular weight is 497 g/mol. The first-order chi connectivity index (χ1) is 16.6. The Morgan fingerprint density at radius 3 is 2.57 bits per heavy atom. The van der Waals surface area contributed by atoms with Gasteiger partial charge in [0.2, 0.25) is 5.95 Å². The van der Waals surface area contributed by atoms with Gasteiger partial charge in [-0.05, 0) is 25.1 Å². The number of nitrogens with one attached hydrogen (secondary N) is 5. The molecule has 1 fully saturated rings. The van der Waals surface area contributed by atoms with Crippen molar-refractivity contribution in [1.29, 1.82) is 5.41 Å². The van der Waals surface area contributed by atoms with E-state index in [0.717, 1.165) is 32.1 Å². The zero-order valence-electron chi connectivity index (χ0n) is 18.6. The van der Waals surface area contributed by atoms with Gasteiger partial charge in [-0.1, -0.05) is 12.1 Å². The fourth-order valence-corrected chi connectivity index (χ4v) is 3.46. The number of carbonyl (C=O) groups is 1. The van der Waals surface area contributed by atoms with E-state index in [1.807, 2.05) is 4.90 Å². The number of benzene rings is 1. The summed E-state index contributed by atoms with van der Waals surface area (Å²) in [7, 11) is 0. The summed E-state index contributed by atoms with van der Waals surface area (Å²) in [5.41, 5.74) is 4.83. The van der Waals surface area contributed by atoms with Crippen LogP contribution in [0.2, 0.25) is 0 Å². The highest BCUT2D eigenvalue weighted by Gasteiger charge is 2.32. The standard InChI is InChI=1S/C20H26F3N9O3/c21-20(22,23)35-15-5-2-1-4-13(15)28-19(34)30-18-27-12-14(16(33)29-18)32-10-8-31(9-11-32)7-3-6-26-17(24)25/h1-2,4-5,12H,3,6-11H2,(H4,24,25,26)(H3,27,28,29,30,33,34). The molecular formula is C20H26F3N9O3. The Bertz CT molecular complexity index is 1090. The predicted octanol–water partition coefficient (Wildman–Crippen LogP) is 1.31. The minimum Gasteiger partial charge on any atom is -0.404 e. The molecular weight excluding hydrogens is 471 g/mol. The second-order valence-corrected chi connectivity index (χ2v) is 7.59. The van der Waals surface area contributed by atoms with Gasteiger partial charge in [0.1, 0.15) is 5.69 Å². The summed E-state index contributed by atoms with van der Waals surface area (Å²) in [5.74, 6) is -0.805. The van der Waals surface area contributed by atoms with Crippen molar-refractivity contribution >= 4 is 29.3 Å². The number of aromatic amines is 1. The van der Waals surface area contributed by atoms with E-state index in [4.69, 9.17) is 11.1 Å². The number of nitrogens with zero attached hydrogens (tertiary/aromatic N) is 3. The number of H-pyrrole nitrogens is 1. The Morgan fingerprint density at radius 2 is 1.91 bits per heavy atom. The van der Waals surface area contributed by atoms with E-state index in [1.165, 1.54) is 24.4 Å². The number of guanidine groups is 1. The number of carbonyl (C=O) groups excluding carboxylic acids is 1. The Morgan fingerprint density at radius 1 is 1.20 bits per heavy atom. The third kappa shape index (κ3) is 8.06. The summed E-state index contributed by atoms with van der Waals surface area (Å²) in [5, 5.41) is 14.4. The number of anilines is 3. The van der Waals surface area contributed by atoms with Gasteiger partial charge < -0.3 is 31.0 Å². The van der Waals surface area contributed by atoms with Crippen molar-refractivity contribution in [2.45, 2.75) is 12.8 Å². The molecule has 0 saturated carbocycles. The molecule has 1 saturated heterocycles. The van der Waals surface area contributed by atoms with Crippen molar-refractivity contribution in [1.82, 2.24) is 20.2 Å². The Balaban J connectivity index is 1.53. The number of nitrogens with two attached hydrogens (primary N) is 1. The molecule has 15 heteroatoms. The second kappa shape index (κ2) is 11.4. The molecule has 2 aromatic rings. The first kappa shape index (κ1) is 25.6. The minimum absolute atomic E-state index is 0.0581. The van der Waals surface area contributed by atoms with Crippen LogP contribution in [0.1, 0.15) is 6.42 Å². The van der Waals surface area contributed by atoms with Crippen LogP contribution < -0.4 is 36.9 Å². The monoisotopic (exact) mass is 497 g/mol. The van der Waals surface area contributed by atoms with E-state index < -0.39 is 23.7 Å². The first-order valence-electron chi connectivity index (χ1n) is 10.7. The van der Waals surface area contributed by atoms with E-state index in [0.29, 0.717) is 25.3 Å². The highest BCUT2D eigenvalue weighted by Crippen LogP contribution is 2.29. The van der Waals surface area contributed by atoms with Crippen LogP contribution in [-0.4, -0.2) is 72.5 Å². The summed E-state index contributed by atoms with van der Waals surface area (Å²) in [4.78, 5) is 35.4. The number of halogens is 3. The maximum atomic E-state index is 12.5. The molecule has 1 aliphatic heterocycles. The molecule has 1 aromatic carbocycles. The zero-order chi connectivity index (χ0) is 25.4. The van der Waals surface area contributed by atoms with Crippen molar-refractivity contribution in [3.8, 4) is 5.75 Å². The number of piperazine rings is 1. The molecule has 3 rings (SSSR count). The normalized spacial score (nSPS) is 14.3. The van der Waals surface area contributed by atoms with Crippen molar-refractivity contribution in [3.05, 3.63) is 40.8 Å². The van der Waals surface area contributed by atoms with Gasteiger partial charge in [0, 0.05) is 38.9 Å². The van der Waals surface area contributed by atoms with Gasteiger partial charge in [-0.15, -0.1) is 13.2 Å². The van der Waals surface area contributed by atoms with Crippen molar-refractivity contribution in [2.24, 2.45) is 5.73 Å². The van der Waals surface area contributed by atoms with Crippen LogP contribution in [0.15, 0.2) is 35.3 Å². The second-order valence-electron chi connectivity index (χ2n) is 7.59. The minimum atomic E-state index is -4.92. The average Bonchev–Trinajstić information content (AvgIpc) is 2.78.